The summed E-state index contributed by atoms with van der Waals surface area (Å²) < 4.78 is 21.4. The highest BCUT2D eigenvalue weighted by molar-refractivity contribution is 6.12. The van der Waals surface area contributed by atoms with Crippen LogP contribution in [0, 0.1) is 5.82 Å². The van der Waals surface area contributed by atoms with Gasteiger partial charge in [0.05, 0.1) is 29.9 Å². The van der Waals surface area contributed by atoms with E-state index in [1.807, 2.05) is 79.1 Å². The minimum atomic E-state index is -0.979. The third-order valence-electron chi connectivity index (χ3n) is 7.34. The molecule has 0 radical (unpaired) electrons. The second kappa shape index (κ2) is 14.7. The van der Waals surface area contributed by atoms with Crippen LogP contribution in [0.3, 0.4) is 0 Å². The van der Waals surface area contributed by atoms with Gasteiger partial charge in [-0.05, 0) is 87.1 Å². The van der Waals surface area contributed by atoms with Gasteiger partial charge in [-0.15, -0.1) is 0 Å². The molecule has 0 spiro atoms. The topological polar surface area (TPSA) is 101 Å². The summed E-state index contributed by atoms with van der Waals surface area (Å²) in [5, 5.41) is 24.9. The minimum absolute atomic E-state index is 0.109. The standard InChI is InChI=1S/C37H43FN2O5/c1-24(2)34-33(36(44)39-28-14-10-7-11-15-28)32(25-12-8-6-9-13-25)35(26-16-18-27(38)19-17-26)40(34)23-30(42)21-20-29(41)22-31(43)45-37(3,4)5/h6-19,24,29-30,41-42H,20-23H2,1-5H3,(H,39,44)/t29-,30-/m1/s1. The third kappa shape index (κ3) is 8.90. The largest absolute Gasteiger partial charge is 0.460 e. The summed E-state index contributed by atoms with van der Waals surface area (Å²) in [6, 6.07) is 24.9. The van der Waals surface area contributed by atoms with Crippen LogP contribution >= 0.6 is 0 Å². The fourth-order valence-corrected chi connectivity index (χ4v) is 5.53. The highest BCUT2D eigenvalue weighted by Crippen LogP contribution is 2.42. The van der Waals surface area contributed by atoms with Crippen LogP contribution in [0.5, 0.6) is 0 Å². The first-order valence-electron chi connectivity index (χ1n) is 15.4. The molecule has 238 valence electrons. The molecule has 0 fully saturated rings. The lowest BCUT2D eigenvalue weighted by Gasteiger charge is -2.22. The number of aromatic nitrogens is 1. The van der Waals surface area contributed by atoms with Crippen molar-refractivity contribution < 1.29 is 28.9 Å². The monoisotopic (exact) mass is 614 g/mol. The number of amides is 1. The predicted molar refractivity (Wildman–Crippen MR) is 175 cm³/mol. The van der Waals surface area contributed by atoms with Crippen LogP contribution in [0.25, 0.3) is 22.4 Å². The number of hydrogen-bond donors (Lipinski definition) is 3. The van der Waals surface area contributed by atoms with E-state index in [9.17, 15) is 24.2 Å². The molecule has 0 aliphatic carbocycles. The molecule has 3 N–H and O–H groups in total. The first-order valence-corrected chi connectivity index (χ1v) is 15.4. The smallest absolute Gasteiger partial charge is 0.308 e. The molecule has 0 aliphatic heterocycles. The Morgan fingerprint density at radius 3 is 2.00 bits per heavy atom. The van der Waals surface area contributed by atoms with Crippen LogP contribution in [0.15, 0.2) is 84.9 Å². The number of hydrogen-bond acceptors (Lipinski definition) is 5. The number of carbonyl (C=O) groups excluding carboxylic acids is 2. The van der Waals surface area contributed by atoms with Gasteiger partial charge in [-0.1, -0.05) is 62.4 Å². The molecule has 4 rings (SSSR count). The number of carbonyl (C=O) groups is 2. The van der Waals surface area contributed by atoms with E-state index >= 15 is 0 Å². The van der Waals surface area contributed by atoms with E-state index < -0.39 is 23.8 Å². The Morgan fingerprint density at radius 1 is 0.844 bits per heavy atom. The van der Waals surface area contributed by atoms with Crippen LogP contribution in [0.4, 0.5) is 10.1 Å². The van der Waals surface area contributed by atoms with Gasteiger partial charge >= 0.3 is 5.97 Å². The molecule has 1 heterocycles. The molecule has 8 heteroatoms. The van der Waals surface area contributed by atoms with E-state index in [0.717, 1.165) is 11.3 Å². The Hall–Kier alpha value is -4.27. The van der Waals surface area contributed by atoms with E-state index in [4.69, 9.17) is 4.74 Å². The predicted octanol–water partition coefficient (Wildman–Crippen LogP) is 7.57. The molecule has 0 aliphatic rings. The van der Waals surface area contributed by atoms with Crippen molar-refractivity contribution in [3.63, 3.8) is 0 Å². The lowest BCUT2D eigenvalue weighted by molar-refractivity contribution is -0.157. The number of aliphatic hydroxyl groups excluding tert-OH is 2. The van der Waals surface area contributed by atoms with Crippen LogP contribution < -0.4 is 5.32 Å². The number of anilines is 1. The molecule has 0 saturated heterocycles. The zero-order chi connectivity index (χ0) is 32.7. The summed E-state index contributed by atoms with van der Waals surface area (Å²) in [5.41, 5.74) is 4.02. The van der Waals surface area contributed by atoms with Crippen molar-refractivity contribution in [3.05, 3.63) is 102 Å². The average Bonchev–Trinajstić information content (AvgIpc) is 3.31. The van der Waals surface area contributed by atoms with Gasteiger partial charge in [0.25, 0.3) is 5.91 Å². The van der Waals surface area contributed by atoms with E-state index in [2.05, 4.69) is 5.32 Å². The van der Waals surface area contributed by atoms with E-state index in [1.165, 1.54) is 12.1 Å². The maximum Gasteiger partial charge on any atom is 0.308 e. The fourth-order valence-electron chi connectivity index (χ4n) is 5.53. The first kappa shape index (κ1) is 33.6. The number of para-hydroxylation sites is 1. The van der Waals surface area contributed by atoms with Crippen molar-refractivity contribution in [1.82, 2.24) is 4.57 Å². The van der Waals surface area contributed by atoms with Crippen LogP contribution in [0.2, 0.25) is 0 Å². The number of ether oxygens (including phenoxy) is 1. The number of nitrogens with zero attached hydrogens (tertiary/aromatic N) is 1. The van der Waals surface area contributed by atoms with Gasteiger partial charge in [0, 0.05) is 23.5 Å². The number of halogens is 1. The summed E-state index contributed by atoms with van der Waals surface area (Å²) >= 11 is 0. The quantitative estimate of drug-likeness (QED) is 0.143. The number of rotatable bonds is 12. The van der Waals surface area contributed by atoms with Gasteiger partial charge in [0.1, 0.15) is 11.4 Å². The molecule has 1 amide bonds. The molecule has 0 bridgehead atoms. The van der Waals surface area contributed by atoms with E-state index in [0.29, 0.717) is 28.1 Å². The second-order valence-electron chi connectivity index (χ2n) is 12.6. The van der Waals surface area contributed by atoms with Crippen LogP contribution in [-0.2, 0) is 16.1 Å². The summed E-state index contributed by atoms with van der Waals surface area (Å²) in [7, 11) is 0. The van der Waals surface area contributed by atoms with Crippen LogP contribution in [0.1, 0.15) is 75.9 Å². The van der Waals surface area contributed by atoms with Crippen molar-refractivity contribution in [2.75, 3.05) is 5.32 Å². The molecule has 45 heavy (non-hydrogen) atoms. The molecule has 3 aromatic carbocycles. The lowest BCUT2D eigenvalue weighted by atomic mass is 9.94. The molecule has 7 nitrogen and oxygen atoms in total. The normalized spacial score (nSPS) is 13.0. The number of benzene rings is 3. The number of nitrogens with one attached hydrogen (secondary N) is 1. The van der Waals surface area contributed by atoms with Gasteiger partial charge in [0.2, 0.25) is 0 Å². The van der Waals surface area contributed by atoms with Crippen molar-refractivity contribution in [2.24, 2.45) is 0 Å². The summed E-state index contributed by atoms with van der Waals surface area (Å²) in [5.74, 6) is -1.32. The van der Waals surface area contributed by atoms with Gasteiger partial charge < -0.3 is 24.8 Å². The zero-order valence-corrected chi connectivity index (χ0v) is 26.6. The van der Waals surface area contributed by atoms with Crippen molar-refractivity contribution >= 4 is 17.6 Å². The Morgan fingerprint density at radius 2 is 1.42 bits per heavy atom. The van der Waals surface area contributed by atoms with Gasteiger partial charge in [-0.2, -0.15) is 0 Å². The fraction of sp³-hybridized carbons (Fsp3) is 0.351. The Balaban J connectivity index is 1.78. The minimum Gasteiger partial charge on any atom is -0.460 e. The maximum absolute atomic E-state index is 14.2. The Kier molecular flexibility index (Phi) is 11.0. The van der Waals surface area contributed by atoms with E-state index in [-0.39, 0.29) is 43.4 Å². The van der Waals surface area contributed by atoms with Crippen molar-refractivity contribution in [1.29, 1.82) is 0 Å². The number of aliphatic hydroxyl groups is 2. The first-order chi connectivity index (χ1) is 21.3. The van der Waals surface area contributed by atoms with Crippen molar-refractivity contribution in [3.8, 4) is 22.4 Å². The second-order valence-corrected chi connectivity index (χ2v) is 12.6. The van der Waals surface area contributed by atoms with E-state index in [1.54, 1.807) is 32.9 Å². The van der Waals surface area contributed by atoms with Gasteiger partial charge in [-0.3, -0.25) is 9.59 Å². The molecular formula is C37H43FN2O5. The summed E-state index contributed by atoms with van der Waals surface area (Å²) in [6.45, 7) is 9.39. The molecule has 4 aromatic rings. The average molecular weight is 615 g/mol. The summed E-state index contributed by atoms with van der Waals surface area (Å²) in [4.78, 5) is 26.4. The maximum atomic E-state index is 14.2. The molecule has 1 aromatic heterocycles. The molecular weight excluding hydrogens is 571 g/mol. The SMILES string of the molecule is CC(C)c1c(C(=O)Nc2ccccc2)c(-c2ccccc2)c(-c2ccc(F)cc2)n1C[C@H](O)CC[C@@H](O)CC(=O)OC(C)(C)C. The van der Waals surface area contributed by atoms with Gasteiger partial charge in [-0.25, -0.2) is 4.39 Å². The Labute approximate surface area is 264 Å². The highest BCUT2D eigenvalue weighted by Gasteiger charge is 2.31. The van der Waals surface area contributed by atoms with Crippen molar-refractivity contribution in [2.45, 2.75) is 84.2 Å². The van der Waals surface area contributed by atoms with Crippen LogP contribution in [-0.4, -0.2) is 44.5 Å². The van der Waals surface area contributed by atoms with Gasteiger partial charge in [0.15, 0.2) is 0 Å². The lowest BCUT2D eigenvalue weighted by Crippen LogP contribution is -2.27. The molecule has 0 unspecified atom stereocenters. The third-order valence-corrected chi connectivity index (χ3v) is 7.34. The number of esters is 1. The highest BCUT2D eigenvalue weighted by atomic mass is 19.1. The summed E-state index contributed by atoms with van der Waals surface area (Å²) in [6.07, 6.45) is -1.69. The molecule has 2 atom stereocenters. The Bertz CT molecular complexity index is 1580. The zero-order valence-electron chi connectivity index (χ0n) is 26.6. The molecule has 0 saturated carbocycles.